The van der Waals surface area contributed by atoms with Gasteiger partial charge in [-0.1, -0.05) is 43.2 Å². The number of methoxy groups -OCH3 is 3. The molecule has 4 nitrogen and oxygen atoms in total. The molecule has 0 heterocycles. The minimum absolute atomic E-state index is 0.241. The number of rotatable bonds is 8. The number of benzene rings is 2. The van der Waals surface area contributed by atoms with Gasteiger partial charge in [0.1, 0.15) is 5.75 Å². The van der Waals surface area contributed by atoms with Gasteiger partial charge in [-0.25, -0.2) is 0 Å². The van der Waals surface area contributed by atoms with E-state index in [1.807, 2.05) is 12.1 Å². The molecule has 0 spiro atoms. The molecule has 1 N–H and O–H groups in total. The van der Waals surface area contributed by atoms with Crippen molar-refractivity contribution in [2.75, 3.05) is 27.9 Å². The van der Waals surface area contributed by atoms with E-state index in [-0.39, 0.29) is 5.41 Å². The van der Waals surface area contributed by atoms with Crippen LogP contribution in [0.15, 0.2) is 42.5 Å². The molecule has 0 aliphatic heterocycles. The summed E-state index contributed by atoms with van der Waals surface area (Å²) in [7, 11) is 4.98. The quantitative estimate of drug-likeness (QED) is 0.766. The van der Waals surface area contributed by atoms with Crippen LogP contribution in [0.25, 0.3) is 0 Å². The second kappa shape index (κ2) is 8.45. The summed E-state index contributed by atoms with van der Waals surface area (Å²) in [6.07, 6.45) is 5.09. The summed E-state index contributed by atoms with van der Waals surface area (Å²) in [6.45, 7) is 1.70. The molecule has 140 valence electrons. The van der Waals surface area contributed by atoms with Crippen molar-refractivity contribution in [2.24, 2.45) is 0 Å². The zero-order valence-electron chi connectivity index (χ0n) is 16.0. The van der Waals surface area contributed by atoms with Gasteiger partial charge in [0.25, 0.3) is 0 Å². The molecule has 0 unspecified atom stereocenters. The summed E-state index contributed by atoms with van der Waals surface area (Å²) >= 11 is 0. The maximum atomic E-state index is 5.54. The monoisotopic (exact) mass is 355 g/mol. The van der Waals surface area contributed by atoms with Gasteiger partial charge in [-0.2, -0.15) is 0 Å². The lowest BCUT2D eigenvalue weighted by Gasteiger charge is -2.30. The van der Waals surface area contributed by atoms with Gasteiger partial charge >= 0.3 is 0 Å². The Balaban J connectivity index is 1.74. The molecule has 3 rings (SSSR count). The fourth-order valence-electron chi connectivity index (χ4n) is 4.08. The molecule has 2 aromatic rings. The van der Waals surface area contributed by atoms with Crippen molar-refractivity contribution in [3.63, 3.8) is 0 Å². The predicted octanol–water partition coefficient (Wildman–Crippen LogP) is 4.31. The van der Waals surface area contributed by atoms with E-state index in [9.17, 15) is 0 Å². The molecule has 26 heavy (non-hydrogen) atoms. The standard InChI is InChI=1S/C22H29NO3/c1-24-19-14-21(26-3)20(25-2)13-17(19)15-23-16-22(11-7-8-12-22)18-9-5-4-6-10-18/h4-6,9-10,13-14,23H,7-8,11-12,15-16H2,1-3H3. The fraction of sp³-hybridized carbons (Fsp3) is 0.455. The molecule has 4 heteroatoms. The second-order valence-electron chi connectivity index (χ2n) is 6.98. The normalized spacial score (nSPS) is 15.7. The van der Waals surface area contributed by atoms with Crippen LogP contribution in [0.5, 0.6) is 17.2 Å². The highest BCUT2D eigenvalue weighted by atomic mass is 16.5. The van der Waals surface area contributed by atoms with Gasteiger partial charge in [0.15, 0.2) is 11.5 Å². The van der Waals surface area contributed by atoms with E-state index >= 15 is 0 Å². The SMILES string of the molecule is COc1cc(OC)c(OC)cc1CNCC1(c2ccccc2)CCCC1. The lowest BCUT2D eigenvalue weighted by atomic mass is 9.79. The van der Waals surface area contributed by atoms with Gasteiger partial charge in [-0.05, 0) is 24.5 Å². The number of hydrogen-bond acceptors (Lipinski definition) is 4. The van der Waals surface area contributed by atoms with Gasteiger partial charge in [0.2, 0.25) is 0 Å². The first-order chi connectivity index (χ1) is 12.7. The highest BCUT2D eigenvalue weighted by molar-refractivity contribution is 5.50. The van der Waals surface area contributed by atoms with Crippen LogP contribution >= 0.6 is 0 Å². The summed E-state index contributed by atoms with van der Waals surface area (Å²) < 4.78 is 16.3. The lowest BCUT2D eigenvalue weighted by Crippen LogP contribution is -2.35. The molecular formula is C22H29NO3. The van der Waals surface area contributed by atoms with Gasteiger partial charge in [0, 0.05) is 30.1 Å². The van der Waals surface area contributed by atoms with Crippen LogP contribution in [0, 0.1) is 0 Å². The highest BCUT2D eigenvalue weighted by Crippen LogP contribution is 2.41. The molecule has 0 saturated heterocycles. The molecule has 1 fully saturated rings. The molecule has 1 aliphatic carbocycles. The topological polar surface area (TPSA) is 39.7 Å². The molecule has 0 bridgehead atoms. The van der Waals surface area contributed by atoms with Gasteiger partial charge in [-0.15, -0.1) is 0 Å². The molecule has 1 saturated carbocycles. The molecule has 0 radical (unpaired) electrons. The van der Waals surface area contributed by atoms with E-state index in [0.717, 1.165) is 30.2 Å². The summed E-state index contributed by atoms with van der Waals surface area (Å²) in [5.74, 6) is 2.23. The average molecular weight is 355 g/mol. The Kier molecular flexibility index (Phi) is 6.04. The van der Waals surface area contributed by atoms with Crippen LogP contribution in [0.1, 0.15) is 36.8 Å². The predicted molar refractivity (Wildman–Crippen MR) is 104 cm³/mol. The van der Waals surface area contributed by atoms with Gasteiger partial charge in [-0.3, -0.25) is 0 Å². The smallest absolute Gasteiger partial charge is 0.164 e. The Labute approximate surface area is 156 Å². The second-order valence-corrected chi connectivity index (χ2v) is 6.98. The Hall–Kier alpha value is -2.20. The van der Waals surface area contributed by atoms with Crippen molar-refractivity contribution in [2.45, 2.75) is 37.6 Å². The molecular weight excluding hydrogens is 326 g/mol. The van der Waals surface area contributed by atoms with Crippen LogP contribution in [-0.4, -0.2) is 27.9 Å². The zero-order chi connectivity index (χ0) is 18.4. The number of hydrogen-bond donors (Lipinski definition) is 1. The maximum Gasteiger partial charge on any atom is 0.164 e. The van der Waals surface area contributed by atoms with E-state index in [2.05, 4.69) is 35.6 Å². The third-order valence-corrected chi connectivity index (χ3v) is 5.51. The fourth-order valence-corrected chi connectivity index (χ4v) is 4.08. The number of ether oxygens (including phenoxy) is 3. The van der Waals surface area contributed by atoms with Crippen LogP contribution in [0.3, 0.4) is 0 Å². The van der Waals surface area contributed by atoms with E-state index in [1.165, 1.54) is 31.2 Å². The Morgan fingerprint density at radius 2 is 1.46 bits per heavy atom. The average Bonchev–Trinajstić information content (AvgIpc) is 3.18. The Morgan fingerprint density at radius 3 is 2.08 bits per heavy atom. The van der Waals surface area contributed by atoms with Gasteiger partial charge < -0.3 is 19.5 Å². The van der Waals surface area contributed by atoms with Crippen LogP contribution < -0.4 is 19.5 Å². The first kappa shape index (κ1) is 18.6. The molecule has 1 aliphatic rings. The lowest BCUT2D eigenvalue weighted by molar-refractivity contribution is 0.346. The van der Waals surface area contributed by atoms with Crippen molar-refractivity contribution in [3.05, 3.63) is 53.6 Å². The minimum Gasteiger partial charge on any atom is -0.496 e. The van der Waals surface area contributed by atoms with Gasteiger partial charge in [0.05, 0.1) is 21.3 Å². The summed E-state index contributed by atoms with van der Waals surface area (Å²) in [4.78, 5) is 0. The van der Waals surface area contributed by atoms with Crippen LogP contribution in [0.4, 0.5) is 0 Å². The van der Waals surface area contributed by atoms with Crippen molar-refractivity contribution in [3.8, 4) is 17.2 Å². The number of nitrogens with one attached hydrogen (secondary N) is 1. The van der Waals surface area contributed by atoms with Crippen LogP contribution in [-0.2, 0) is 12.0 Å². The van der Waals surface area contributed by atoms with E-state index in [1.54, 1.807) is 21.3 Å². The van der Waals surface area contributed by atoms with E-state index < -0.39 is 0 Å². The van der Waals surface area contributed by atoms with E-state index in [0.29, 0.717) is 5.75 Å². The van der Waals surface area contributed by atoms with Crippen molar-refractivity contribution in [1.29, 1.82) is 0 Å². The third-order valence-electron chi connectivity index (χ3n) is 5.51. The molecule has 0 aromatic heterocycles. The summed E-state index contributed by atoms with van der Waals surface area (Å²) in [6, 6.07) is 14.8. The van der Waals surface area contributed by atoms with Crippen molar-refractivity contribution >= 4 is 0 Å². The Morgan fingerprint density at radius 1 is 0.846 bits per heavy atom. The highest BCUT2D eigenvalue weighted by Gasteiger charge is 2.35. The minimum atomic E-state index is 0.241. The third kappa shape index (κ3) is 3.80. The molecule has 0 atom stereocenters. The maximum absolute atomic E-state index is 5.54. The summed E-state index contributed by atoms with van der Waals surface area (Å²) in [5, 5.41) is 3.67. The van der Waals surface area contributed by atoms with E-state index in [4.69, 9.17) is 14.2 Å². The summed E-state index contributed by atoms with van der Waals surface area (Å²) in [5.41, 5.74) is 2.76. The molecule has 0 amide bonds. The van der Waals surface area contributed by atoms with Crippen LogP contribution in [0.2, 0.25) is 0 Å². The largest absolute Gasteiger partial charge is 0.496 e. The Bertz CT molecular complexity index is 709. The first-order valence-corrected chi connectivity index (χ1v) is 9.27. The zero-order valence-corrected chi connectivity index (χ0v) is 16.0. The van der Waals surface area contributed by atoms with Crippen molar-refractivity contribution in [1.82, 2.24) is 5.32 Å². The first-order valence-electron chi connectivity index (χ1n) is 9.27. The van der Waals surface area contributed by atoms with Crippen molar-refractivity contribution < 1.29 is 14.2 Å². The molecule has 2 aromatic carbocycles.